The summed E-state index contributed by atoms with van der Waals surface area (Å²) in [7, 11) is 1.55. The second-order valence-corrected chi connectivity index (χ2v) is 7.68. The number of carbonyl (C=O) groups excluding carboxylic acids is 1. The fraction of sp³-hybridized carbons (Fsp3) is 0.167. The van der Waals surface area contributed by atoms with E-state index in [1.54, 1.807) is 19.2 Å². The number of hydrogen-bond acceptors (Lipinski definition) is 6. The van der Waals surface area contributed by atoms with E-state index < -0.39 is 11.2 Å². The van der Waals surface area contributed by atoms with Gasteiger partial charge in [-0.3, -0.25) is 18.7 Å². The number of benzene rings is 2. The number of nitrogens with zero attached hydrogens (tertiary/aromatic N) is 3. The second-order valence-electron chi connectivity index (χ2n) is 7.68. The van der Waals surface area contributed by atoms with Crippen LogP contribution in [0.25, 0.3) is 11.0 Å². The molecule has 9 nitrogen and oxygen atoms in total. The van der Waals surface area contributed by atoms with Crippen LogP contribution in [0.15, 0.2) is 70.4 Å². The Morgan fingerprint density at radius 2 is 1.82 bits per heavy atom. The quantitative estimate of drug-likeness (QED) is 0.503. The Hall–Kier alpha value is -4.40. The third-order valence-electron chi connectivity index (χ3n) is 5.51. The van der Waals surface area contributed by atoms with E-state index in [0.717, 1.165) is 15.7 Å². The molecule has 0 unspecified atom stereocenters. The van der Waals surface area contributed by atoms with Crippen molar-refractivity contribution in [2.75, 3.05) is 6.79 Å². The van der Waals surface area contributed by atoms with Gasteiger partial charge in [0.1, 0.15) is 5.65 Å². The molecule has 0 saturated heterocycles. The topological polar surface area (TPSA) is 104 Å². The molecule has 0 saturated carbocycles. The molecule has 2 aromatic carbocycles. The normalized spacial score (nSPS) is 12.2. The molecule has 0 atom stereocenters. The number of amides is 1. The molecular weight excluding hydrogens is 424 g/mol. The van der Waals surface area contributed by atoms with E-state index in [0.29, 0.717) is 11.5 Å². The first kappa shape index (κ1) is 20.5. The van der Waals surface area contributed by atoms with Crippen LogP contribution in [0.2, 0.25) is 0 Å². The molecule has 1 aliphatic heterocycles. The Bertz CT molecular complexity index is 1490. The summed E-state index contributed by atoms with van der Waals surface area (Å²) in [5.74, 6) is 0.917. The first-order chi connectivity index (χ1) is 16.0. The van der Waals surface area contributed by atoms with Gasteiger partial charge in [-0.15, -0.1) is 0 Å². The zero-order chi connectivity index (χ0) is 22.9. The number of nitrogens with one attached hydrogen (secondary N) is 1. The van der Waals surface area contributed by atoms with E-state index >= 15 is 0 Å². The van der Waals surface area contributed by atoms with Crippen LogP contribution in [-0.4, -0.2) is 26.8 Å². The summed E-state index contributed by atoms with van der Waals surface area (Å²) < 4.78 is 13.1. The Morgan fingerprint density at radius 1 is 1.03 bits per heavy atom. The highest BCUT2D eigenvalue weighted by atomic mass is 16.7. The van der Waals surface area contributed by atoms with Crippen LogP contribution in [0.4, 0.5) is 0 Å². The summed E-state index contributed by atoms with van der Waals surface area (Å²) in [5, 5.41) is 3.02. The Kier molecular flexibility index (Phi) is 5.14. The number of aromatic nitrogens is 3. The lowest BCUT2D eigenvalue weighted by Crippen LogP contribution is -2.39. The fourth-order valence-electron chi connectivity index (χ4n) is 3.75. The summed E-state index contributed by atoms with van der Waals surface area (Å²) >= 11 is 0. The SMILES string of the molecule is Cn1c(=O)n(Cc2ccccc2)c(=O)c2cc(C(=O)NCc3ccc4c(c3)OCO4)cnc21. The Labute approximate surface area is 187 Å². The van der Waals surface area contributed by atoms with E-state index in [2.05, 4.69) is 10.3 Å². The third-order valence-corrected chi connectivity index (χ3v) is 5.51. The van der Waals surface area contributed by atoms with Crippen LogP contribution in [-0.2, 0) is 20.1 Å². The van der Waals surface area contributed by atoms with Crippen LogP contribution in [0.3, 0.4) is 0 Å². The highest BCUT2D eigenvalue weighted by molar-refractivity contribution is 5.96. The lowest BCUT2D eigenvalue weighted by Gasteiger charge is -2.11. The molecule has 0 radical (unpaired) electrons. The van der Waals surface area contributed by atoms with Gasteiger partial charge in [0.2, 0.25) is 6.79 Å². The maximum atomic E-state index is 13.1. The van der Waals surface area contributed by atoms with Crippen molar-refractivity contribution in [1.29, 1.82) is 0 Å². The monoisotopic (exact) mass is 444 g/mol. The average Bonchev–Trinajstić information content (AvgIpc) is 3.32. The van der Waals surface area contributed by atoms with E-state index in [1.165, 1.54) is 16.8 Å². The molecule has 1 amide bonds. The van der Waals surface area contributed by atoms with Gasteiger partial charge in [0.15, 0.2) is 11.5 Å². The van der Waals surface area contributed by atoms with Gasteiger partial charge in [-0.05, 0) is 29.3 Å². The van der Waals surface area contributed by atoms with Crippen molar-refractivity contribution in [3.63, 3.8) is 0 Å². The smallest absolute Gasteiger partial charge is 0.332 e. The van der Waals surface area contributed by atoms with Crippen LogP contribution in [0.1, 0.15) is 21.5 Å². The van der Waals surface area contributed by atoms with Crippen molar-refractivity contribution >= 4 is 16.9 Å². The second kappa shape index (κ2) is 8.27. The summed E-state index contributed by atoms with van der Waals surface area (Å²) in [5.41, 5.74) is 1.15. The van der Waals surface area contributed by atoms with Gasteiger partial charge in [0, 0.05) is 19.8 Å². The molecule has 9 heteroatoms. The van der Waals surface area contributed by atoms with E-state index in [1.807, 2.05) is 36.4 Å². The molecule has 0 bridgehead atoms. The van der Waals surface area contributed by atoms with Gasteiger partial charge in [-0.2, -0.15) is 0 Å². The lowest BCUT2D eigenvalue weighted by atomic mass is 10.1. The minimum Gasteiger partial charge on any atom is -0.454 e. The number of carbonyl (C=O) groups is 1. The number of pyridine rings is 1. The van der Waals surface area contributed by atoms with Crippen molar-refractivity contribution in [1.82, 2.24) is 19.4 Å². The molecule has 1 aliphatic rings. The Morgan fingerprint density at radius 3 is 2.64 bits per heavy atom. The molecule has 1 N–H and O–H groups in total. The van der Waals surface area contributed by atoms with Crippen LogP contribution < -0.4 is 26.0 Å². The van der Waals surface area contributed by atoms with Crippen molar-refractivity contribution in [2.24, 2.45) is 7.05 Å². The summed E-state index contributed by atoms with van der Waals surface area (Å²) in [4.78, 5) is 42.9. The fourth-order valence-corrected chi connectivity index (χ4v) is 3.75. The van der Waals surface area contributed by atoms with Crippen LogP contribution in [0, 0.1) is 0 Å². The van der Waals surface area contributed by atoms with Gasteiger partial charge in [0.25, 0.3) is 11.5 Å². The van der Waals surface area contributed by atoms with Gasteiger partial charge in [-0.25, -0.2) is 9.78 Å². The molecule has 3 heterocycles. The highest BCUT2D eigenvalue weighted by Crippen LogP contribution is 2.32. The van der Waals surface area contributed by atoms with Crippen LogP contribution >= 0.6 is 0 Å². The molecule has 5 rings (SSSR count). The molecular formula is C24H20N4O5. The lowest BCUT2D eigenvalue weighted by molar-refractivity contribution is 0.0950. The zero-order valence-electron chi connectivity index (χ0n) is 17.8. The molecule has 0 fully saturated rings. The molecule has 166 valence electrons. The van der Waals surface area contributed by atoms with Crippen LogP contribution in [0.5, 0.6) is 11.5 Å². The average molecular weight is 444 g/mol. The first-order valence-corrected chi connectivity index (χ1v) is 10.3. The van der Waals surface area contributed by atoms with Gasteiger partial charge >= 0.3 is 5.69 Å². The van der Waals surface area contributed by atoms with Gasteiger partial charge < -0.3 is 14.8 Å². The number of rotatable bonds is 5. The molecule has 0 spiro atoms. The summed E-state index contributed by atoms with van der Waals surface area (Å²) in [6.07, 6.45) is 1.36. The largest absolute Gasteiger partial charge is 0.454 e. The number of hydrogen-bond donors (Lipinski definition) is 1. The first-order valence-electron chi connectivity index (χ1n) is 10.3. The summed E-state index contributed by atoms with van der Waals surface area (Å²) in [6, 6.07) is 16.1. The van der Waals surface area contributed by atoms with Gasteiger partial charge in [0.05, 0.1) is 17.5 Å². The predicted molar refractivity (Wildman–Crippen MR) is 121 cm³/mol. The maximum absolute atomic E-state index is 13.1. The number of ether oxygens (including phenoxy) is 2. The molecule has 33 heavy (non-hydrogen) atoms. The van der Waals surface area contributed by atoms with Gasteiger partial charge in [-0.1, -0.05) is 36.4 Å². The molecule has 4 aromatic rings. The van der Waals surface area contributed by atoms with Crippen molar-refractivity contribution < 1.29 is 14.3 Å². The number of fused-ring (bicyclic) bond motifs is 2. The predicted octanol–water partition coefficient (Wildman–Crippen LogP) is 1.80. The van der Waals surface area contributed by atoms with E-state index in [4.69, 9.17) is 9.47 Å². The van der Waals surface area contributed by atoms with Crippen molar-refractivity contribution in [2.45, 2.75) is 13.1 Å². The van der Waals surface area contributed by atoms with E-state index in [-0.39, 0.29) is 42.4 Å². The molecule has 0 aliphatic carbocycles. The molecule has 2 aromatic heterocycles. The Balaban J connectivity index is 1.43. The minimum absolute atomic E-state index is 0.128. The third kappa shape index (κ3) is 3.84. The number of aryl methyl sites for hydroxylation is 1. The maximum Gasteiger partial charge on any atom is 0.332 e. The standard InChI is InChI=1S/C24H20N4O5/c1-27-21-18(23(30)28(24(27)31)13-15-5-3-2-4-6-15)10-17(12-25-21)22(29)26-11-16-7-8-19-20(9-16)33-14-32-19/h2-10,12H,11,13-14H2,1H3,(H,26,29). The van der Waals surface area contributed by atoms with E-state index in [9.17, 15) is 14.4 Å². The zero-order valence-corrected chi connectivity index (χ0v) is 17.8. The van der Waals surface area contributed by atoms with Crippen molar-refractivity contribution in [3.8, 4) is 11.5 Å². The highest BCUT2D eigenvalue weighted by Gasteiger charge is 2.17. The minimum atomic E-state index is -0.491. The van der Waals surface area contributed by atoms with Crippen molar-refractivity contribution in [3.05, 3.63) is 98.3 Å². The summed E-state index contributed by atoms with van der Waals surface area (Å²) in [6.45, 7) is 0.570.